The molecule has 0 heterocycles. The normalized spacial score (nSPS) is 14.4. The second kappa shape index (κ2) is 31.9. The molecular formula is C36H64NO10P. The summed E-state index contributed by atoms with van der Waals surface area (Å²) in [7, 11) is -4.71. The van der Waals surface area contributed by atoms with Gasteiger partial charge in [-0.1, -0.05) is 121 Å². The number of esters is 2. The molecule has 48 heavy (non-hydrogen) atoms. The maximum Gasteiger partial charge on any atom is 0.472 e. The van der Waals surface area contributed by atoms with Gasteiger partial charge in [-0.2, -0.15) is 0 Å². The van der Waals surface area contributed by atoms with Gasteiger partial charge in [0.15, 0.2) is 6.10 Å². The van der Waals surface area contributed by atoms with Crippen molar-refractivity contribution in [2.45, 2.75) is 154 Å². The van der Waals surface area contributed by atoms with E-state index in [-0.39, 0.29) is 19.4 Å². The molecule has 3 atom stereocenters. The van der Waals surface area contributed by atoms with E-state index in [1.807, 2.05) is 12.2 Å². The number of unbranched alkanes of at least 4 members (excludes halogenated alkanes) is 13. The fraction of sp³-hybridized carbons (Fsp3) is 0.750. The quantitative estimate of drug-likeness (QED) is 0.0259. The third kappa shape index (κ3) is 31.0. The van der Waals surface area contributed by atoms with Gasteiger partial charge in [0.05, 0.1) is 13.2 Å². The average molecular weight is 702 g/mol. The van der Waals surface area contributed by atoms with Crippen molar-refractivity contribution in [3.05, 3.63) is 36.5 Å². The first-order valence-electron chi connectivity index (χ1n) is 18.0. The largest absolute Gasteiger partial charge is 0.480 e. The molecule has 0 aliphatic heterocycles. The van der Waals surface area contributed by atoms with Crippen LogP contribution in [-0.4, -0.2) is 59.9 Å². The highest BCUT2D eigenvalue weighted by Gasteiger charge is 2.28. The van der Waals surface area contributed by atoms with Gasteiger partial charge < -0.3 is 25.2 Å². The van der Waals surface area contributed by atoms with Crippen LogP contribution < -0.4 is 5.73 Å². The third-order valence-corrected chi connectivity index (χ3v) is 8.34. The van der Waals surface area contributed by atoms with Gasteiger partial charge >= 0.3 is 25.7 Å². The molecule has 0 saturated carbocycles. The van der Waals surface area contributed by atoms with Gasteiger partial charge in [0.2, 0.25) is 0 Å². The number of allylic oxidation sites excluding steroid dienone is 6. The molecule has 12 heteroatoms. The molecule has 278 valence electrons. The van der Waals surface area contributed by atoms with Gasteiger partial charge in [0, 0.05) is 12.8 Å². The van der Waals surface area contributed by atoms with Crippen molar-refractivity contribution in [1.29, 1.82) is 0 Å². The van der Waals surface area contributed by atoms with Crippen LogP contribution in [0.25, 0.3) is 0 Å². The van der Waals surface area contributed by atoms with Gasteiger partial charge in [0.1, 0.15) is 12.6 Å². The monoisotopic (exact) mass is 701 g/mol. The zero-order chi connectivity index (χ0) is 35.7. The van der Waals surface area contributed by atoms with E-state index in [4.69, 9.17) is 24.8 Å². The van der Waals surface area contributed by atoms with E-state index in [1.165, 1.54) is 57.8 Å². The summed E-state index contributed by atoms with van der Waals surface area (Å²) < 4.78 is 32.3. The van der Waals surface area contributed by atoms with Gasteiger partial charge in [-0.15, -0.1) is 0 Å². The summed E-state index contributed by atoms with van der Waals surface area (Å²) in [5.41, 5.74) is 5.29. The number of aliphatic carboxylic acids is 1. The van der Waals surface area contributed by atoms with Crippen LogP contribution in [0.4, 0.5) is 0 Å². The molecule has 0 bridgehead atoms. The van der Waals surface area contributed by atoms with Crippen molar-refractivity contribution >= 4 is 25.7 Å². The molecule has 0 aromatic heterocycles. The fourth-order valence-electron chi connectivity index (χ4n) is 4.49. The molecular weight excluding hydrogens is 637 g/mol. The number of carbonyl (C=O) groups is 3. The Labute approximate surface area is 289 Å². The lowest BCUT2D eigenvalue weighted by molar-refractivity contribution is -0.161. The smallest absolute Gasteiger partial charge is 0.472 e. The minimum absolute atomic E-state index is 0.0901. The van der Waals surface area contributed by atoms with Crippen molar-refractivity contribution in [3.8, 4) is 0 Å². The molecule has 1 unspecified atom stereocenters. The number of phosphoric ester groups is 1. The Bertz CT molecular complexity index is 968. The lowest BCUT2D eigenvalue weighted by Gasteiger charge is -2.20. The van der Waals surface area contributed by atoms with Crippen LogP contribution in [0.2, 0.25) is 0 Å². The molecule has 0 radical (unpaired) electrons. The van der Waals surface area contributed by atoms with Gasteiger partial charge in [-0.3, -0.25) is 23.4 Å². The van der Waals surface area contributed by atoms with Crippen molar-refractivity contribution in [3.63, 3.8) is 0 Å². The third-order valence-electron chi connectivity index (χ3n) is 7.39. The van der Waals surface area contributed by atoms with Crippen molar-refractivity contribution < 1.29 is 47.5 Å². The minimum atomic E-state index is -4.71. The standard InChI is InChI=1S/C36H64NO10P/c1-3-5-7-9-11-12-13-14-15-16-17-18-19-20-22-24-26-28-35(39)47-32(30-45-48(42,43)46-31-33(37)36(40)41)29-44-34(38)27-25-23-21-10-8-6-4-2/h14-15,17-18,20,22,32-33H,3-13,16,19,21,23-31,37H2,1-2H3,(H,40,41)(H,42,43)/b15-14+,18-17+,22-20+/t32-,33-/m0/s1. The maximum atomic E-state index is 12.5. The van der Waals surface area contributed by atoms with Crippen molar-refractivity contribution in [2.75, 3.05) is 19.8 Å². The summed E-state index contributed by atoms with van der Waals surface area (Å²) in [6, 6.07) is -1.53. The summed E-state index contributed by atoms with van der Waals surface area (Å²) in [5, 5.41) is 8.83. The molecule has 4 N–H and O–H groups in total. The molecule has 0 aromatic carbocycles. The van der Waals surface area contributed by atoms with E-state index in [1.54, 1.807) is 0 Å². The summed E-state index contributed by atoms with van der Waals surface area (Å²) in [6.45, 7) is 2.66. The Hall–Kier alpha value is -2.30. The van der Waals surface area contributed by atoms with Crippen LogP contribution in [0.5, 0.6) is 0 Å². The topological polar surface area (TPSA) is 172 Å². The van der Waals surface area contributed by atoms with Crippen LogP contribution in [0.3, 0.4) is 0 Å². The Morgan fingerprint density at radius 2 is 1.12 bits per heavy atom. The number of carboxylic acids is 1. The minimum Gasteiger partial charge on any atom is -0.480 e. The van der Waals surface area contributed by atoms with Gasteiger partial charge in [-0.25, -0.2) is 4.57 Å². The van der Waals surface area contributed by atoms with Crippen LogP contribution in [-0.2, 0) is 37.5 Å². The Kier molecular flexibility index (Phi) is 30.4. The van der Waals surface area contributed by atoms with E-state index < -0.39 is 51.1 Å². The first-order chi connectivity index (χ1) is 23.1. The molecule has 0 saturated heterocycles. The molecule has 11 nitrogen and oxygen atoms in total. The van der Waals surface area contributed by atoms with Crippen LogP contribution in [0.15, 0.2) is 36.5 Å². The molecule has 0 aliphatic carbocycles. The number of hydrogen-bond donors (Lipinski definition) is 3. The number of carboxylic acid groups (broad SMARTS) is 1. The second-order valence-electron chi connectivity index (χ2n) is 12.0. The highest BCUT2D eigenvalue weighted by atomic mass is 31.2. The fourth-order valence-corrected chi connectivity index (χ4v) is 5.27. The van der Waals surface area contributed by atoms with Crippen LogP contribution >= 0.6 is 7.82 Å². The number of phosphoric acid groups is 1. The van der Waals surface area contributed by atoms with Gasteiger partial charge in [0.25, 0.3) is 0 Å². The van der Waals surface area contributed by atoms with E-state index >= 15 is 0 Å². The first kappa shape index (κ1) is 45.7. The zero-order valence-corrected chi connectivity index (χ0v) is 30.5. The number of carbonyl (C=O) groups excluding carboxylic acids is 2. The zero-order valence-electron chi connectivity index (χ0n) is 29.6. The molecule has 0 spiro atoms. The van der Waals surface area contributed by atoms with Crippen LogP contribution in [0, 0.1) is 0 Å². The van der Waals surface area contributed by atoms with E-state index in [0.717, 1.165) is 38.5 Å². The summed E-state index contributed by atoms with van der Waals surface area (Å²) in [6.07, 6.45) is 31.1. The molecule has 0 rings (SSSR count). The predicted molar refractivity (Wildman–Crippen MR) is 189 cm³/mol. The van der Waals surface area contributed by atoms with E-state index in [2.05, 4.69) is 42.7 Å². The number of hydrogen-bond acceptors (Lipinski definition) is 9. The van der Waals surface area contributed by atoms with Crippen LogP contribution in [0.1, 0.15) is 142 Å². The summed E-state index contributed by atoms with van der Waals surface area (Å²) >= 11 is 0. The molecule has 0 aromatic rings. The summed E-state index contributed by atoms with van der Waals surface area (Å²) in [4.78, 5) is 45.5. The van der Waals surface area contributed by atoms with Crippen molar-refractivity contribution in [2.24, 2.45) is 5.73 Å². The van der Waals surface area contributed by atoms with Gasteiger partial charge in [-0.05, 0) is 44.9 Å². The summed E-state index contributed by atoms with van der Waals surface area (Å²) in [5.74, 6) is -2.46. The Morgan fingerprint density at radius 3 is 1.71 bits per heavy atom. The number of rotatable bonds is 33. The number of ether oxygens (including phenoxy) is 2. The SMILES string of the molecule is CCCCCCCC/C=C/C/C=C/C/C=C/CCCC(=O)O[C@@H](COC(=O)CCCCCCCCC)COP(=O)(O)OC[C@H](N)C(=O)O. The van der Waals surface area contributed by atoms with Crippen molar-refractivity contribution in [1.82, 2.24) is 0 Å². The maximum absolute atomic E-state index is 12.5. The Morgan fingerprint density at radius 1 is 0.646 bits per heavy atom. The predicted octanol–water partition coefficient (Wildman–Crippen LogP) is 8.50. The average Bonchev–Trinajstić information content (AvgIpc) is 3.05. The molecule has 0 amide bonds. The molecule has 0 fully saturated rings. The highest BCUT2D eigenvalue weighted by Crippen LogP contribution is 2.43. The van der Waals surface area contributed by atoms with E-state index in [0.29, 0.717) is 19.3 Å². The Balaban J connectivity index is 4.52. The molecule has 0 aliphatic rings. The lowest BCUT2D eigenvalue weighted by atomic mass is 10.1. The highest BCUT2D eigenvalue weighted by molar-refractivity contribution is 7.47. The number of nitrogens with two attached hydrogens (primary N) is 1. The lowest BCUT2D eigenvalue weighted by Crippen LogP contribution is -2.34. The second-order valence-corrected chi connectivity index (χ2v) is 13.5. The first-order valence-corrected chi connectivity index (χ1v) is 19.5. The van der Waals surface area contributed by atoms with E-state index in [9.17, 15) is 23.8 Å².